The van der Waals surface area contributed by atoms with Gasteiger partial charge in [-0.25, -0.2) is 4.99 Å². The van der Waals surface area contributed by atoms with Crippen LogP contribution in [0.5, 0.6) is 0 Å². The van der Waals surface area contributed by atoms with Crippen molar-refractivity contribution in [1.29, 1.82) is 5.26 Å². The molecule has 1 unspecified atom stereocenters. The van der Waals surface area contributed by atoms with Crippen molar-refractivity contribution in [3.8, 4) is 50.6 Å². The summed E-state index contributed by atoms with van der Waals surface area (Å²) in [6.45, 7) is 0. The Morgan fingerprint density at radius 1 is 0.583 bits per heavy atom. The first kappa shape index (κ1) is 29.0. The van der Waals surface area contributed by atoms with Gasteiger partial charge in [0, 0.05) is 22.5 Å². The van der Waals surface area contributed by atoms with Crippen molar-refractivity contribution < 1.29 is 4.42 Å². The number of nitrogens with two attached hydrogens (primary N) is 1. The molecule has 0 saturated heterocycles. The number of fused-ring (bicyclic) bond motifs is 3. The highest BCUT2D eigenvalue weighted by atomic mass is 16.3. The Morgan fingerprint density at radius 2 is 1.21 bits per heavy atom. The number of hydrogen-bond donors (Lipinski definition) is 2. The van der Waals surface area contributed by atoms with Crippen molar-refractivity contribution in [2.45, 2.75) is 6.17 Å². The second-order valence-corrected chi connectivity index (χ2v) is 11.8. The molecule has 0 saturated carbocycles. The monoisotopic (exact) mass is 618 g/mol. The van der Waals surface area contributed by atoms with Gasteiger partial charge in [0.25, 0.3) is 0 Å². The van der Waals surface area contributed by atoms with Gasteiger partial charge < -0.3 is 15.1 Å². The minimum Gasteiger partial charge on any atom is -0.455 e. The molecule has 0 bridgehead atoms. The van der Waals surface area contributed by atoms with E-state index >= 15 is 0 Å². The first-order valence-corrected chi connectivity index (χ1v) is 15.8. The maximum atomic E-state index is 9.19. The number of nitrogens with zero attached hydrogens (tertiary/aromatic N) is 2. The van der Waals surface area contributed by atoms with Crippen LogP contribution in [0.4, 0.5) is 0 Å². The van der Waals surface area contributed by atoms with Crippen LogP contribution in [0.1, 0.15) is 17.3 Å². The highest BCUT2D eigenvalue weighted by Gasteiger charge is 2.14. The van der Waals surface area contributed by atoms with E-state index in [-0.39, 0.29) is 0 Å². The first-order valence-electron chi connectivity index (χ1n) is 15.8. The van der Waals surface area contributed by atoms with Gasteiger partial charge in [-0.2, -0.15) is 5.26 Å². The van der Waals surface area contributed by atoms with Crippen LogP contribution in [-0.4, -0.2) is 4.98 Å². The molecular weight excluding hydrogens is 589 g/mol. The van der Waals surface area contributed by atoms with Crippen LogP contribution >= 0.6 is 0 Å². The Labute approximate surface area is 277 Å². The largest absolute Gasteiger partial charge is 0.455 e. The number of aromatic amines is 1. The van der Waals surface area contributed by atoms with Crippen molar-refractivity contribution in [3.05, 3.63) is 174 Å². The highest BCUT2D eigenvalue weighted by Crippen LogP contribution is 2.38. The maximum absolute atomic E-state index is 9.19. The Bertz CT molecular complexity index is 2500. The minimum atomic E-state index is -0.443. The fraction of sp³-hybridized carbons (Fsp3) is 0.0233. The zero-order valence-electron chi connectivity index (χ0n) is 26.0. The summed E-state index contributed by atoms with van der Waals surface area (Å²) in [5.74, 6) is 0. The molecule has 0 amide bonds. The van der Waals surface area contributed by atoms with E-state index in [2.05, 4.69) is 113 Å². The molecular formula is C43H30N4O. The van der Waals surface area contributed by atoms with Crippen molar-refractivity contribution >= 4 is 21.9 Å². The van der Waals surface area contributed by atoms with Gasteiger partial charge >= 0.3 is 0 Å². The fourth-order valence-corrected chi connectivity index (χ4v) is 6.22. The van der Waals surface area contributed by atoms with Gasteiger partial charge in [-0.3, -0.25) is 0 Å². The van der Waals surface area contributed by atoms with Crippen molar-refractivity contribution in [2.75, 3.05) is 0 Å². The van der Waals surface area contributed by atoms with E-state index in [9.17, 15) is 5.26 Å². The molecule has 48 heavy (non-hydrogen) atoms. The number of aromatic nitrogens is 1. The summed E-state index contributed by atoms with van der Waals surface area (Å²) in [7, 11) is 0. The Balaban J connectivity index is 1.05. The molecule has 5 nitrogen and oxygen atoms in total. The smallest absolute Gasteiger partial charge is 0.143 e. The van der Waals surface area contributed by atoms with E-state index < -0.39 is 6.17 Å². The summed E-state index contributed by atoms with van der Waals surface area (Å²) in [6, 6.07) is 53.8. The van der Waals surface area contributed by atoms with Crippen LogP contribution in [-0.2, 0) is 0 Å². The molecule has 2 heterocycles. The number of nitrogens with one attached hydrogen (secondary N) is 1. The average molecular weight is 619 g/mol. The number of benzene rings is 6. The maximum Gasteiger partial charge on any atom is 0.143 e. The highest BCUT2D eigenvalue weighted by molar-refractivity contribution is 6.10. The predicted molar refractivity (Wildman–Crippen MR) is 193 cm³/mol. The molecule has 3 N–H and O–H groups in total. The SMILES string of the molecule is N#Cc1ccc(-c2cccc3c2oc2ccc(-c4ccc(-c5cccc(-c6ccc(C(N)/N=c7/cccc[nH]7)cc6)c5)cc4)cc23)cc1. The molecule has 0 aliphatic carbocycles. The number of pyridine rings is 1. The zero-order chi connectivity index (χ0) is 32.5. The van der Waals surface area contributed by atoms with E-state index in [4.69, 9.17) is 10.2 Å². The summed E-state index contributed by atoms with van der Waals surface area (Å²) in [5, 5.41) is 11.3. The lowest BCUT2D eigenvalue weighted by Crippen LogP contribution is -2.14. The van der Waals surface area contributed by atoms with Crippen molar-refractivity contribution in [2.24, 2.45) is 10.7 Å². The lowest BCUT2D eigenvalue weighted by molar-refractivity contribution is 0.670. The Morgan fingerprint density at radius 3 is 1.88 bits per heavy atom. The Kier molecular flexibility index (Phi) is 7.46. The molecule has 0 radical (unpaired) electrons. The van der Waals surface area contributed by atoms with Gasteiger partial charge in [-0.1, -0.05) is 109 Å². The van der Waals surface area contributed by atoms with Crippen LogP contribution in [0.25, 0.3) is 66.4 Å². The summed E-state index contributed by atoms with van der Waals surface area (Å²) in [6.07, 6.45) is 1.40. The summed E-state index contributed by atoms with van der Waals surface area (Å²) in [5.41, 5.74) is 19.3. The van der Waals surface area contributed by atoms with Crippen LogP contribution in [0.15, 0.2) is 167 Å². The Hall–Kier alpha value is -6.48. The van der Waals surface area contributed by atoms with E-state index in [1.807, 2.05) is 60.8 Å². The molecule has 0 aliphatic rings. The van der Waals surface area contributed by atoms with Crippen molar-refractivity contribution in [3.63, 3.8) is 0 Å². The number of H-pyrrole nitrogens is 1. The molecule has 0 fully saturated rings. The molecule has 8 aromatic rings. The summed E-state index contributed by atoms with van der Waals surface area (Å²) in [4.78, 5) is 7.67. The lowest BCUT2D eigenvalue weighted by atomic mass is 9.96. The third-order valence-electron chi connectivity index (χ3n) is 8.79. The third kappa shape index (κ3) is 5.58. The van der Waals surface area contributed by atoms with E-state index in [0.717, 1.165) is 77.5 Å². The van der Waals surface area contributed by atoms with Crippen LogP contribution < -0.4 is 11.2 Å². The molecule has 0 spiro atoms. The molecule has 6 aromatic carbocycles. The van der Waals surface area contributed by atoms with Gasteiger partial charge in [-0.05, 0) is 87.0 Å². The second kappa shape index (κ2) is 12.4. The zero-order valence-corrected chi connectivity index (χ0v) is 26.0. The molecule has 5 heteroatoms. The molecule has 2 aromatic heterocycles. The fourth-order valence-electron chi connectivity index (χ4n) is 6.22. The third-order valence-corrected chi connectivity index (χ3v) is 8.79. The topological polar surface area (TPSA) is 91.1 Å². The van der Waals surface area contributed by atoms with Crippen molar-refractivity contribution in [1.82, 2.24) is 4.98 Å². The van der Waals surface area contributed by atoms with Gasteiger partial charge in [0.05, 0.1) is 11.6 Å². The van der Waals surface area contributed by atoms with E-state index in [1.165, 1.54) is 0 Å². The summed E-state index contributed by atoms with van der Waals surface area (Å²) >= 11 is 0. The van der Waals surface area contributed by atoms with Gasteiger partial charge in [-0.15, -0.1) is 0 Å². The molecule has 228 valence electrons. The molecule has 8 rings (SSSR count). The number of rotatable bonds is 6. The van der Waals surface area contributed by atoms with Crippen LogP contribution in [0.2, 0.25) is 0 Å². The predicted octanol–water partition coefficient (Wildman–Crippen LogP) is 10.0. The average Bonchev–Trinajstić information content (AvgIpc) is 3.54. The van der Waals surface area contributed by atoms with Gasteiger partial charge in [0.15, 0.2) is 0 Å². The lowest BCUT2D eigenvalue weighted by Gasteiger charge is -2.10. The van der Waals surface area contributed by atoms with Gasteiger partial charge in [0.2, 0.25) is 0 Å². The van der Waals surface area contributed by atoms with Crippen LogP contribution in [0, 0.1) is 11.3 Å². The van der Waals surface area contributed by atoms with Crippen LogP contribution in [0.3, 0.4) is 0 Å². The van der Waals surface area contributed by atoms with E-state index in [1.54, 1.807) is 0 Å². The minimum absolute atomic E-state index is 0.443. The standard InChI is InChI=1S/C43H30N4O/c44-27-28-10-12-32(13-11-28)37-7-4-8-38-39-26-36(22-23-40(39)48-42(37)38)31-16-14-29(15-17-31)34-5-3-6-35(25-34)30-18-20-33(21-19-30)43(45)47-41-9-1-2-24-46-41/h1-26,43H,45H2,(H,46,47). The second-order valence-electron chi connectivity index (χ2n) is 11.8. The molecule has 0 aliphatic heterocycles. The number of hydrogen-bond acceptors (Lipinski definition) is 4. The quantitative estimate of drug-likeness (QED) is 0.194. The first-order chi connectivity index (χ1) is 23.6. The normalized spacial score (nSPS) is 12.3. The summed E-state index contributed by atoms with van der Waals surface area (Å²) < 4.78 is 6.38. The number of furan rings is 1. The van der Waals surface area contributed by atoms with E-state index in [0.29, 0.717) is 5.56 Å². The molecule has 1 atom stereocenters. The number of para-hydroxylation sites is 1. The number of nitriles is 1. The van der Waals surface area contributed by atoms with Gasteiger partial charge in [0.1, 0.15) is 22.8 Å².